The Morgan fingerprint density at radius 3 is 2.34 bits per heavy atom. The van der Waals surface area contributed by atoms with Gasteiger partial charge in [-0.25, -0.2) is 9.69 Å². The van der Waals surface area contributed by atoms with Crippen LogP contribution in [-0.2, 0) is 9.59 Å². The molecule has 0 saturated carbocycles. The molecule has 7 nitrogen and oxygen atoms in total. The van der Waals surface area contributed by atoms with Crippen LogP contribution in [0.5, 0.6) is 11.5 Å². The van der Waals surface area contributed by atoms with E-state index >= 15 is 0 Å². The predicted molar refractivity (Wildman–Crippen MR) is 110 cm³/mol. The van der Waals surface area contributed by atoms with E-state index in [1.807, 2.05) is 0 Å². The molecular weight excluding hydrogens is 419 g/mol. The molecule has 1 heterocycles. The summed E-state index contributed by atoms with van der Waals surface area (Å²) in [6, 6.07) is 6.96. The van der Waals surface area contributed by atoms with Crippen molar-refractivity contribution in [2.24, 2.45) is 0 Å². The molecule has 0 spiro atoms. The van der Waals surface area contributed by atoms with E-state index in [1.165, 1.54) is 32.4 Å². The summed E-state index contributed by atoms with van der Waals surface area (Å²) in [7, 11) is 2.98. The highest BCUT2D eigenvalue weighted by Crippen LogP contribution is 2.35. The molecular formula is C20H16Cl2N2O5. The molecule has 3 rings (SSSR count). The summed E-state index contributed by atoms with van der Waals surface area (Å²) in [6.45, 7) is 1.79. The molecule has 2 aromatic rings. The molecule has 0 radical (unpaired) electrons. The smallest absolute Gasteiger partial charge is 0.336 e. The van der Waals surface area contributed by atoms with Crippen LogP contribution in [0.3, 0.4) is 0 Å². The van der Waals surface area contributed by atoms with Gasteiger partial charge in [0.15, 0.2) is 11.5 Å². The van der Waals surface area contributed by atoms with Crippen LogP contribution in [0.25, 0.3) is 6.08 Å². The lowest BCUT2D eigenvalue weighted by Gasteiger charge is -2.27. The first kappa shape index (κ1) is 20.7. The van der Waals surface area contributed by atoms with Crippen LogP contribution in [0, 0.1) is 6.92 Å². The Morgan fingerprint density at radius 1 is 1.03 bits per heavy atom. The Bertz CT molecular complexity index is 1070. The molecule has 9 heteroatoms. The van der Waals surface area contributed by atoms with E-state index in [0.29, 0.717) is 17.1 Å². The minimum Gasteiger partial charge on any atom is -0.493 e. The van der Waals surface area contributed by atoms with Crippen LogP contribution in [0.2, 0.25) is 10.0 Å². The number of urea groups is 1. The number of amides is 4. The molecule has 1 saturated heterocycles. The normalized spacial score (nSPS) is 15.6. The molecule has 0 atom stereocenters. The van der Waals surface area contributed by atoms with Gasteiger partial charge < -0.3 is 9.47 Å². The Morgan fingerprint density at radius 2 is 1.69 bits per heavy atom. The van der Waals surface area contributed by atoms with Crippen molar-refractivity contribution in [3.8, 4) is 11.5 Å². The number of ether oxygens (including phenoxy) is 2. The monoisotopic (exact) mass is 434 g/mol. The van der Waals surface area contributed by atoms with Crippen molar-refractivity contribution in [2.75, 3.05) is 19.1 Å². The average molecular weight is 435 g/mol. The fourth-order valence-electron chi connectivity index (χ4n) is 2.85. The van der Waals surface area contributed by atoms with Crippen molar-refractivity contribution in [1.29, 1.82) is 0 Å². The molecule has 29 heavy (non-hydrogen) atoms. The standard InChI is InChI=1S/C20H16Cl2N2O5/c1-10-7-15(28-2)16(29-3)9-11(10)8-12-18(25)23-20(27)24(19(12)26)14-6-4-5-13(21)17(14)22/h4-9H,1-3H3,(H,23,25,27)/b12-8+. The number of nitrogens with one attached hydrogen (secondary N) is 1. The van der Waals surface area contributed by atoms with E-state index < -0.39 is 17.8 Å². The number of barbiturate groups is 1. The van der Waals surface area contributed by atoms with Crippen LogP contribution in [0.1, 0.15) is 11.1 Å². The van der Waals surface area contributed by atoms with Crippen molar-refractivity contribution < 1.29 is 23.9 Å². The first-order valence-electron chi connectivity index (χ1n) is 8.36. The Balaban J connectivity index is 2.10. The number of carbonyl (C=O) groups is 3. The number of nitrogens with zero attached hydrogens (tertiary/aromatic N) is 1. The number of carbonyl (C=O) groups excluding carboxylic acids is 3. The highest BCUT2D eigenvalue weighted by atomic mass is 35.5. The lowest BCUT2D eigenvalue weighted by Crippen LogP contribution is -2.54. The summed E-state index contributed by atoms with van der Waals surface area (Å²) in [5, 5.41) is 2.34. The van der Waals surface area contributed by atoms with Crippen molar-refractivity contribution in [1.82, 2.24) is 5.32 Å². The summed E-state index contributed by atoms with van der Waals surface area (Å²) in [5.74, 6) is -0.700. The van der Waals surface area contributed by atoms with Crippen LogP contribution >= 0.6 is 23.2 Å². The fraction of sp³-hybridized carbons (Fsp3) is 0.150. The van der Waals surface area contributed by atoms with Gasteiger partial charge in [0.1, 0.15) is 5.57 Å². The summed E-state index contributed by atoms with van der Waals surface area (Å²) in [6.07, 6.45) is 1.38. The Labute approximate surface area is 176 Å². The number of halogens is 2. The number of rotatable bonds is 4. The zero-order valence-electron chi connectivity index (χ0n) is 15.7. The molecule has 2 aromatic carbocycles. The number of benzene rings is 2. The molecule has 0 aromatic heterocycles. The van der Waals surface area contributed by atoms with E-state index in [-0.39, 0.29) is 21.3 Å². The quantitative estimate of drug-likeness (QED) is 0.580. The lowest BCUT2D eigenvalue weighted by atomic mass is 10.0. The van der Waals surface area contributed by atoms with Crippen LogP contribution in [0.4, 0.5) is 10.5 Å². The second-order valence-electron chi connectivity index (χ2n) is 6.09. The first-order chi connectivity index (χ1) is 13.8. The maximum Gasteiger partial charge on any atom is 0.336 e. The van der Waals surface area contributed by atoms with Crippen molar-refractivity contribution in [3.63, 3.8) is 0 Å². The highest BCUT2D eigenvalue weighted by Gasteiger charge is 2.38. The molecule has 4 amide bonds. The number of hydrogen-bond donors (Lipinski definition) is 1. The largest absolute Gasteiger partial charge is 0.493 e. The van der Waals surface area contributed by atoms with Gasteiger partial charge in [0.25, 0.3) is 11.8 Å². The van der Waals surface area contributed by atoms with Gasteiger partial charge in [0, 0.05) is 0 Å². The molecule has 0 aliphatic carbocycles. The van der Waals surface area contributed by atoms with Gasteiger partial charge in [0.2, 0.25) is 0 Å². The van der Waals surface area contributed by atoms with Crippen molar-refractivity contribution in [3.05, 3.63) is 57.1 Å². The second-order valence-corrected chi connectivity index (χ2v) is 6.88. The lowest BCUT2D eigenvalue weighted by molar-refractivity contribution is -0.122. The average Bonchev–Trinajstić information content (AvgIpc) is 2.68. The summed E-state index contributed by atoms with van der Waals surface area (Å²) >= 11 is 12.2. The first-order valence-corrected chi connectivity index (χ1v) is 9.12. The third kappa shape index (κ3) is 3.79. The van der Waals surface area contributed by atoms with Gasteiger partial charge in [0.05, 0.1) is 30.0 Å². The number of imide groups is 2. The molecule has 1 N–H and O–H groups in total. The third-order valence-corrected chi connectivity index (χ3v) is 5.15. The Kier molecular flexibility index (Phi) is 5.81. The topological polar surface area (TPSA) is 84.9 Å². The van der Waals surface area contributed by atoms with Crippen molar-refractivity contribution in [2.45, 2.75) is 6.92 Å². The van der Waals surface area contributed by atoms with Gasteiger partial charge >= 0.3 is 6.03 Å². The predicted octanol–water partition coefficient (Wildman–Crippen LogP) is 3.99. The number of aryl methyl sites for hydroxylation is 1. The molecule has 1 aliphatic heterocycles. The fourth-order valence-corrected chi connectivity index (χ4v) is 3.23. The Hall–Kier alpha value is -3.03. The molecule has 1 aliphatic rings. The maximum atomic E-state index is 13.0. The summed E-state index contributed by atoms with van der Waals surface area (Å²) in [5.41, 5.74) is 1.12. The van der Waals surface area contributed by atoms with E-state index in [9.17, 15) is 14.4 Å². The van der Waals surface area contributed by atoms with Gasteiger partial charge in [-0.3, -0.25) is 14.9 Å². The van der Waals surface area contributed by atoms with Gasteiger partial charge in [-0.05, 0) is 48.4 Å². The van der Waals surface area contributed by atoms with Gasteiger partial charge in [-0.1, -0.05) is 29.3 Å². The third-order valence-electron chi connectivity index (χ3n) is 4.35. The van der Waals surface area contributed by atoms with E-state index in [4.69, 9.17) is 32.7 Å². The van der Waals surface area contributed by atoms with Crippen LogP contribution in [-0.4, -0.2) is 32.1 Å². The zero-order chi connectivity index (χ0) is 21.3. The SMILES string of the molecule is COc1cc(C)c(/C=C2\C(=O)NC(=O)N(c3cccc(Cl)c3Cl)C2=O)cc1OC. The zero-order valence-corrected chi connectivity index (χ0v) is 17.2. The minimum atomic E-state index is -0.912. The van der Waals surface area contributed by atoms with E-state index in [0.717, 1.165) is 10.5 Å². The molecule has 150 valence electrons. The van der Waals surface area contributed by atoms with Crippen LogP contribution in [0.15, 0.2) is 35.9 Å². The minimum absolute atomic E-state index is 0.0219. The molecule has 0 bridgehead atoms. The second kappa shape index (κ2) is 8.14. The molecule has 0 unspecified atom stereocenters. The van der Waals surface area contributed by atoms with E-state index in [2.05, 4.69) is 5.32 Å². The van der Waals surface area contributed by atoms with Gasteiger partial charge in [-0.15, -0.1) is 0 Å². The number of hydrogen-bond acceptors (Lipinski definition) is 5. The molecule has 1 fully saturated rings. The van der Waals surface area contributed by atoms with Crippen LogP contribution < -0.4 is 19.7 Å². The van der Waals surface area contributed by atoms with Crippen molar-refractivity contribution >= 4 is 52.8 Å². The van der Waals surface area contributed by atoms with Gasteiger partial charge in [-0.2, -0.15) is 0 Å². The number of methoxy groups -OCH3 is 2. The summed E-state index contributed by atoms with van der Waals surface area (Å²) < 4.78 is 10.5. The highest BCUT2D eigenvalue weighted by molar-refractivity contribution is 6.46. The maximum absolute atomic E-state index is 13.0. The summed E-state index contributed by atoms with van der Waals surface area (Å²) in [4.78, 5) is 38.5. The van der Waals surface area contributed by atoms with E-state index in [1.54, 1.807) is 25.1 Å². The number of anilines is 1.